The SMILES string of the molecule is Fc1ccc(CC(Br)c2cc3c(s2)CCSC3)c(F)c1. The molecular formula is C15H13BrF2S2. The first-order chi connectivity index (χ1) is 9.63. The molecule has 0 bridgehead atoms. The zero-order valence-electron chi connectivity index (χ0n) is 10.7. The molecule has 1 aromatic heterocycles. The summed E-state index contributed by atoms with van der Waals surface area (Å²) in [6.07, 6.45) is 1.67. The predicted molar refractivity (Wildman–Crippen MR) is 85.9 cm³/mol. The lowest BCUT2D eigenvalue weighted by molar-refractivity contribution is 0.571. The Morgan fingerprint density at radius 2 is 2.10 bits per heavy atom. The molecule has 0 aliphatic carbocycles. The molecule has 1 aliphatic heterocycles. The first kappa shape index (κ1) is 14.5. The van der Waals surface area contributed by atoms with Gasteiger partial charge in [0.15, 0.2) is 0 Å². The molecular weight excluding hydrogens is 362 g/mol. The Labute approximate surface area is 133 Å². The number of halogens is 3. The van der Waals surface area contributed by atoms with Crippen molar-refractivity contribution in [2.24, 2.45) is 0 Å². The van der Waals surface area contributed by atoms with E-state index in [1.807, 2.05) is 23.1 Å². The fraction of sp³-hybridized carbons (Fsp3) is 0.333. The Kier molecular flexibility index (Phi) is 4.48. The minimum atomic E-state index is -0.527. The predicted octanol–water partition coefficient (Wildman–Crippen LogP) is 5.49. The molecule has 20 heavy (non-hydrogen) atoms. The Hall–Kier alpha value is -0.390. The lowest BCUT2D eigenvalue weighted by Crippen LogP contribution is -1.97. The number of hydrogen-bond donors (Lipinski definition) is 0. The molecule has 3 rings (SSSR count). The maximum absolute atomic E-state index is 13.7. The molecule has 0 N–H and O–H groups in total. The van der Waals surface area contributed by atoms with Crippen molar-refractivity contribution in [1.29, 1.82) is 0 Å². The molecule has 0 radical (unpaired) electrons. The van der Waals surface area contributed by atoms with E-state index in [0.717, 1.165) is 18.2 Å². The summed E-state index contributed by atoms with van der Waals surface area (Å²) in [6.45, 7) is 0. The van der Waals surface area contributed by atoms with E-state index < -0.39 is 11.6 Å². The molecule has 0 nitrogen and oxygen atoms in total. The van der Waals surface area contributed by atoms with E-state index >= 15 is 0 Å². The van der Waals surface area contributed by atoms with Crippen molar-refractivity contribution in [1.82, 2.24) is 0 Å². The topological polar surface area (TPSA) is 0 Å². The lowest BCUT2D eigenvalue weighted by Gasteiger charge is -2.08. The van der Waals surface area contributed by atoms with Crippen molar-refractivity contribution < 1.29 is 8.78 Å². The van der Waals surface area contributed by atoms with Gasteiger partial charge in [-0.15, -0.1) is 11.3 Å². The first-order valence-corrected chi connectivity index (χ1v) is 9.29. The number of rotatable bonds is 3. The Morgan fingerprint density at radius 1 is 1.25 bits per heavy atom. The molecule has 0 saturated heterocycles. The van der Waals surface area contributed by atoms with Gasteiger partial charge in [0.05, 0.1) is 4.83 Å². The van der Waals surface area contributed by atoms with Crippen molar-refractivity contribution in [2.75, 3.05) is 5.75 Å². The van der Waals surface area contributed by atoms with Gasteiger partial charge < -0.3 is 0 Å². The largest absolute Gasteiger partial charge is 0.207 e. The number of alkyl halides is 1. The van der Waals surface area contributed by atoms with E-state index in [-0.39, 0.29) is 4.83 Å². The summed E-state index contributed by atoms with van der Waals surface area (Å²) < 4.78 is 26.6. The Morgan fingerprint density at radius 3 is 2.85 bits per heavy atom. The van der Waals surface area contributed by atoms with E-state index in [0.29, 0.717) is 12.0 Å². The monoisotopic (exact) mass is 374 g/mol. The summed E-state index contributed by atoms with van der Waals surface area (Å²) in [7, 11) is 0. The second-order valence-electron chi connectivity index (χ2n) is 4.81. The normalized spacial score (nSPS) is 15.9. The molecule has 1 atom stereocenters. The summed E-state index contributed by atoms with van der Waals surface area (Å²) in [5.41, 5.74) is 1.97. The van der Waals surface area contributed by atoms with Crippen LogP contribution < -0.4 is 0 Å². The third-order valence-electron chi connectivity index (χ3n) is 3.37. The molecule has 2 heterocycles. The highest BCUT2D eigenvalue weighted by atomic mass is 79.9. The highest BCUT2D eigenvalue weighted by molar-refractivity contribution is 9.09. The first-order valence-electron chi connectivity index (χ1n) is 6.40. The summed E-state index contributed by atoms with van der Waals surface area (Å²) in [5, 5.41) is 0. The van der Waals surface area contributed by atoms with Crippen LogP contribution in [0.15, 0.2) is 24.3 Å². The fourth-order valence-electron chi connectivity index (χ4n) is 2.31. The Balaban J connectivity index is 1.78. The summed E-state index contributed by atoms with van der Waals surface area (Å²) in [5.74, 6) is 1.27. The van der Waals surface area contributed by atoms with Gasteiger partial charge in [0.2, 0.25) is 0 Å². The van der Waals surface area contributed by atoms with E-state index in [2.05, 4.69) is 22.0 Å². The zero-order valence-corrected chi connectivity index (χ0v) is 13.9. The zero-order chi connectivity index (χ0) is 14.1. The van der Waals surface area contributed by atoms with Crippen LogP contribution in [0.25, 0.3) is 0 Å². The smallest absolute Gasteiger partial charge is 0.129 e. The number of thioether (sulfide) groups is 1. The van der Waals surface area contributed by atoms with E-state index in [4.69, 9.17) is 0 Å². The third-order valence-corrected chi connectivity index (χ3v) is 6.85. The lowest BCUT2D eigenvalue weighted by atomic mass is 10.1. The van der Waals surface area contributed by atoms with Crippen LogP contribution in [0.1, 0.15) is 25.7 Å². The standard InChI is InChI=1S/C15H13BrF2S2/c16-12(5-9-1-2-11(17)7-13(9)18)15-6-10-8-19-4-3-14(10)20-15/h1-2,6-7,12H,3-5,8H2. The summed E-state index contributed by atoms with van der Waals surface area (Å²) in [4.78, 5) is 2.78. The van der Waals surface area contributed by atoms with Crippen LogP contribution in [0.2, 0.25) is 0 Å². The average Bonchev–Trinajstić information content (AvgIpc) is 2.86. The quantitative estimate of drug-likeness (QED) is 0.639. The summed E-state index contributed by atoms with van der Waals surface area (Å²) >= 11 is 7.42. The molecule has 0 saturated carbocycles. The molecule has 2 aromatic rings. The van der Waals surface area contributed by atoms with Crippen molar-refractivity contribution >= 4 is 39.0 Å². The molecule has 1 unspecified atom stereocenters. The van der Waals surface area contributed by atoms with Gasteiger partial charge in [-0.1, -0.05) is 22.0 Å². The van der Waals surface area contributed by atoms with E-state index in [1.165, 1.54) is 33.2 Å². The molecule has 0 amide bonds. The van der Waals surface area contributed by atoms with Gasteiger partial charge >= 0.3 is 0 Å². The minimum absolute atomic E-state index is 0.0862. The maximum Gasteiger partial charge on any atom is 0.129 e. The molecule has 0 fully saturated rings. The third kappa shape index (κ3) is 3.10. The van der Waals surface area contributed by atoms with Crippen molar-refractivity contribution in [2.45, 2.75) is 23.4 Å². The number of aryl methyl sites for hydroxylation is 1. The number of fused-ring (bicyclic) bond motifs is 1. The second kappa shape index (κ2) is 6.16. The van der Waals surface area contributed by atoms with Gasteiger partial charge in [-0.3, -0.25) is 0 Å². The van der Waals surface area contributed by atoms with Crippen LogP contribution in [-0.4, -0.2) is 5.75 Å². The molecule has 5 heteroatoms. The maximum atomic E-state index is 13.7. The van der Waals surface area contributed by atoms with Gasteiger partial charge in [0.25, 0.3) is 0 Å². The molecule has 0 spiro atoms. The van der Waals surface area contributed by atoms with Crippen LogP contribution in [0.3, 0.4) is 0 Å². The van der Waals surface area contributed by atoms with E-state index in [1.54, 1.807) is 0 Å². The Bertz CT molecular complexity index is 601. The van der Waals surface area contributed by atoms with Crippen molar-refractivity contribution in [3.8, 4) is 0 Å². The summed E-state index contributed by atoms with van der Waals surface area (Å²) in [6, 6.07) is 6.02. The van der Waals surface area contributed by atoms with E-state index in [9.17, 15) is 8.78 Å². The van der Waals surface area contributed by atoms with Gasteiger partial charge in [-0.25, -0.2) is 8.78 Å². The van der Waals surface area contributed by atoms with Gasteiger partial charge in [0, 0.05) is 21.6 Å². The number of thiophene rings is 1. The number of benzene rings is 1. The van der Waals surface area contributed by atoms with Gasteiger partial charge in [-0.05, 0) is 41.9 Å². The average molecular weight is 375 g/mol. The number of hydrogen-bond acceptors (Lipinski definition) is 2. The highest BCUT2D eigenvalue weighted by Gasteiger charge is 2.19. The van der Waals surface area contributed by atoms with Crippen molar-refractivity contribution in [3.05, 3.63) is 56.8 Å². The molecule has 106 valence electrons. The van der Waals surface area contributed by atoms with Gasteiger partial charge in [0.1, 0.15) is 11.6 Å². The highest BCUT2D eigenvalue weighted by Crippen LogP contribution is 2.38. The fourth-order valence-corrected chi connectivity index (χ4v) is 5.42. The molecule has 1 aliphatic rings. The second-order valence-corrected chi connectivity index (χ2v) is 8.19. The van der Waals surface area contributed by atoms with Crippen molar-refractivity contribution in [3.63, 3.8) is 0 Å². The van der Waals surface area contributed by atoms with Crippen LogP contribution in [0.4, 0.5) is 8.78 Å². The minimum Gasteiger partial charge on any atom is -0.207 e. The van der Waals surface area contributed by atoms with Crippen LogP contribution in [0.5, 0.6) is 0 Å². The van der Waals surface area contributed by atoms with Crippen LogP contribution in [0, 0.1) is 11.6 Å². The molecule has 1 aromatic carbocycles. The van der Waals surface area contributed by atoms with Crippen LogP contribution in [-0.2, 0) is 18.6 Å². The van der Waals surface area contributed by atoms with Crippen LogP contribution >= 0.6 is 39.0 Å². The van der Waals surface area contributed by atoms with Gasteiger partial charge in [-0.2, -0.15) is 11.8 Å².